The lowest BCUT2D eigenvalue weighted by molar-refractivity contribution is -0.119. The van der Waals surface area contributed by atoms with Crippen molar-refractivity contribution in [1.82, 2.24) is 24.5 Å². The summed E-state index contributed by atoms with van der Waals surface area (Å²) in [5.74, 6) is -0.0178. The molecule has 2 aromatic heterocycles. The van der Waals surface area contributed by atoms with Gasteiger partial charge in [0.05, 0.1) is 11.4 Å². The number of aromatic nitrogens is 5. The van der Waals surface area contributed by atoms with Crippen LogP contribution in [0.1, 0.15) is 47.9 Å². The summed E-state index contributed by atoms with van der Waals surface area (Å²) in [7, 11) is 0. The van der Waals surface area contributed by atoms with Gasteiger partial charge in [-0.05, 0) is 62.2 Å². The smallest absolute Gasteiger partial charge is 0.274 e. The second-order valence-electron chi connectivity index (χ2n) is 8.05. The number of hydrogen-bond acceptors (Lipinski definition) is 5. The van der Waals surface area contributed by atoms with Gasteiger partial charge < -0.3 is 10.6 Å². The highest BCUT2D eigenvalue weighted by Crippen LogP contribution is 2.39. The van der Waals surface area contributed by atoms with Crippen LogP contribution in [0.5, 0.6) is 0 Å². The van der Waals surface area contributed by atoms with Crippen LogP contribution < -0.4 is 10.6 Å². The summed E-state index contributed by atoms with van der Waals surface area (Å²) in [6, 6.07) is 18.0. The maximum absolute atomic E-state index is 13.1. The Morgan fingerprint density at radius 3 is 2.33 bits per heavy atom. The summed E-state index contributed by atoms with van der Waals surface area (Å²) in [6.45, 7) is 1.74. The number of carbonyl (C=O) groups excluding carboxylic acids is 2. The zero-order valence-corrected chi connectivity index (χ0v) is 18.0. The van der Waals surface area contributed by atoms with Crippen LogP contribution >= 0.6 is 0 Å². The largest absolute Gasteiger partial charge is 0.324 e. The minimum Gasteiger partial charge on any atom is -0.324 e. The third kappa shape index (κ3) is 4.52. The molecule has 1 saturated carbocycles. The summed E-state index contributed by atoms with van der Waals surface area (Å²) in [5, 5.41) is 14.4. The molecule has 33 heavy (non-hydrogen) atoms. The van der Waals surface area contributed by atoms with Crippen LogP contribution in [0.2, 0.25) is 0 Å². The van der Waals surface area contributed by atoms with Gasteiger partial charge in [-0.3, -0.25) is 9.59 Å². The van der Waals surface area contributed by atoms with Gasteiger partial charge in [0.2, 0.25) is 5.91 Å². The monoisotopic (exact) mass is 441 g/mol. The first-order valence-corrected chi connectivity index (χ1v) is 10.8. The molecule has 9 nitrogen and oxygen atoms in total. The van der Waals surface area contributed by atoms with Crippen molar-refractivity contribution in [3.8, 4) is 5.69 Å². The second kappa shape index (κ2) is 8.70. The Labute approximate surface area is 190 Å². The maximum atomic E-state index is 13.1. The van der Waals surface area contributed by atoms with Crippen molar-refractivity contribution in [1.29, 1.82) is 0 Å². The molecule has 9 heteroatoms. The van der Waals surface area contributed by atoms with Gasteiger partial charge in [-0.25, -0.2) is 14.3 Å². The molecule has 1 fully saturated rings. The number of nitrogens with one attached hydrogen (secondary N) is 2. The van der Waals surface area contributed by atoms with E-state index in [0.717, 1.165) is 24.2 Å². The molecule has 0 aliphatic heterocycles. The molecule has 0 radical (unpaired) electrons. The van der Waals surface area contributed by atoms with Gasteiger partial charge in [-0.2, -0.15) is 10.2 Å². The Hall–Kier alpha value is -4.27. The van der Waals surface area contributed by atoms with Gasteiger partial charge in [0.15, 0.2) is 0 Å². The summed E-state index contributed by atoms with van der Waals surface area (Å²) < 4.78 is 3.18. The molecular weight excluding hydrogens is 418 g/mol. The molecule has 166 valence electrons. The number of benzene rings is 2. The highest BCUT2D eigenvalue weighted by atomic mass is 16.2. The standard InChI is InChI=1S/C24H23N7O2/c1-16(30-15-25-14-26-30)23(32)27-18-9-11-19(12-10-18)28-24(33)22-13-21(17-7-8-17)29-31(22)20-5-3-2-4-6-20/h2-6,9-17H,7-8H2,1H3,(H,27,32)(H,28,33). The SMILES string of the molecule is CC(C(=O)Nc1ccc(NC(=O)c2cc(C3CC3)nn2-c2ccccc2)cc1)n1cncn1. The van der Waals surface area contributed by atoms with Gasteiger partial charge in [0, 0.05) is 17.3 Å². The number of amides is 2. The van der Waals surface area contributed by atoms with Gasteiger partial charge in [0.25, 0.3) is 5.91 Å². The normalized spacial score (nSPS) is 14.0. The fraction of sp³-hybridized carbons (Fsp3) is 0.208. The van der Waals surface area contributed by atoms with Gasteiger partial charge in [0.1, 0.15) is 24.4 Å². The minimum absolute atomic E-state index is 0.211. The molecule has 2 heterocycles. The Morgan fingerprint density at radius 1 is 1.00 bits per heavy atom. The Balaban J connectivity index is 1.29. The Kier molecular flexibility index (Phi) is 5.43. The third-order valence-electron chi connectivity index (χ3n) is 5.58. The number of rotatable bonds is 7. The van der Waals surface area contributed by atoms with E-state index in [4.69, 9.17) is 0 Å². The molecule has 4 aromatic rings. The molecule has 0 saturated heterocycles. The van der Waals surface area contributed by atoms with Gasteiger partial charge in [-0.1, -0.05) is 18.2 Å². The average molecular weight is 441 g/mol. The predicted octanol–water partition coefficient (Wildman–Crippen LogP) is 3.79. The van der Waals surface area contributed by atoms with Crippen molar-refractivity contribution in [3.05, 3.63) is 84.7 Å². The van der Waals surface area contributed by atoms with Crippen molar-refractivity contribution >= 4 is 23.2 Å². The lowest BCUT2D eigenvalue weighted by Crippen LogP contribution is -2.24. The molecule has 2 aromatic carbocycles. The minimum atomic E-state index is -0.495. The Morgan fingerprint density at radius 2 is 1.70 bits per heavy atom. The van der Waals surface area contributed by atoms with Crippen LogP contribution in [0.3, 0.4) is 0 Å². The topological polar surface area (TPSA) is 107 Å². The number of hydrogen-bond donors (Lipinski definition) is 2. The average Bonchev–Trinajstić information content (AvgIpc) is 3.35. The highest BCUT2D eigenvalue weighted by molar-refractivity contribution is 6.03. The van der Waals surface area contributed by atoms with E-state index in [1.54, 1.807) is 35.9 Å². The van der Waals surface area contributed by atoms with Crippen LogP contribution in [0.15, 0.2) is 73.3 Å². The zero-order valence-electron chi connectivity index (χ0n) is 18.0. The van der Waals surface area contributed by atoms with Gasteiger partial charge in [-0.15, -0.1) is 0 Å². The number of para-hydroxylation sites is 1. The van der Waals surface area contributed by atoms with Crippen molar-refractivity contribution in [2.45, 2.75) is 31.7 Å². The molecule has 5 rings (SSSR count). The quantitative estimate of drug-likeness (QED) is 0.454. The molecule has 1 atom stereocenters. The first-order valence-electron chi connectivity index (χ1n) is 10.8. The lowest BCUT2D eigenvalue weighted by atomic mass is 10.2. The molecule has 1 aliphatic rings. The second-order valence-corrected chi connectivity index (χ2v) is 8.05. The maximum Gasteiger partial charge on any atom is 0.274 e. The van der Waals surface area contributed by atoms with E-state index in [1.807, 2.05) is 36.4 Å². The van der Waals surface area contributed by atoms with E-state index in [9.17, 15) is 9.59 Å². The number of nitrogens with zero attached hydrogens (tertiary/aromatic N) is 5. The van der Waals surface area contributed by atoms with Crippen molar-refractivity contribution < 1.29 is 9.59 Å². The number of anilines is 2. The van der Waals surface area contributed by atoms with E-state index >= 15 is 0 Å². The van der Waals surface area contributed by atoms with Crippen LogP contribution in [0, 0.1) is 0 Å². The van der Waals surface area contributed by atoms with E-state index < -0.39 is 6.04 Å². The molecular formula is C24H23N7O2. The predicted molar refractivity (Wildman–Crippen MR) is 123 cm³/mol. The van der Waals surface area contributed by atoms with Crippen LogP contribution in [0.4, 0.5) is 11.4 Å². The highest BCUT2D eigenvalue weighted by Gasteiger charge is 2.29. The van der Waals surface area contributed by atoms with Crippen molar-refractivity contribution in [2.24, 2.45) is 0 Å². The molecule has 1 unspecified atom stereocenters. The van der Waals surface area contributed by atoms with Gasteiger partial charge >= 0.3 is 0 Å². The van der Waals surface area contributed by atoms with E-state index in [-0.39, 0.29) is 11.8 Å². The zero-order chi connectivity index (χ0) is 22.8. The first kappa shape index (κ1) is 20.6. The molecule has 1 aliphatic carbocycles. The molecule has 0 spiro atoms. The van der Waals surface area contributed by atoms with Crippen LogP contribution in [-0.2, 0) is 4.79 Å². The summed E-state index contributed by atoms with van der Waals surface area (Å²) >= 11 is 0. The molecule has 0 bridgehead atoms. The molecule has 2 amide bonds. The number of carbonyl (C=O) groups is 2. The fourth-order valence-corrected chi connectivity index (χ4v) is 3.52. The summed E-state index contributed by atoms with van der Waals surface area (Å²) in [4.78, 5) is 29.4. The summed E-state index contributed by atoms with van der Waals surface area (Å²) in [5.41, 5.74) is 3.52. The fourth-order valence-electron chi connectivity index (χ4n) is 3.52. The van der Waals surface area contributed by atoms with E-state index in [1.165, 1.54) is 17.3 Å². The first-order chi connectivity index (χ1) is 16.1. The van der Waals surface area contributed by atoms with Crippen molar-refractivity contribution in [3.63, 3.8) is 0 Å². The molecule has 2 N–H and O–H groups in total. The van der Waals surface area contributed by atoms with E-state index in [0.29, 0.717) is 23.0 Å². The van der Waals surface area contributed by atoms with Crippen molar-refractivity contribution in [2.75, 3.05) is 10.6 Å². The summed E-state index contributed by atoms with van der Waals surface area (Å²) in [6.07, 6.45) is 5.10. The van der Waals surface area contributed by atoms with E-state index in [2.05, 4.69) is 25.8 Å². The third-order valence-corrected chi connectivity index (χ3v) is 5.58. The Bertz CT molecular complexity index is 1260. The lowest BCUT2D eigenvalue weighted by Gasteiger charge is -2.13. The van der Waals surface area contributed by atoms with Crippen LogP contribution in [-0.4, -0.2) is 36.4 Å². The van der Waals surface area contributed by atoms with Crippen LogP contribution in [0.25, 0.3) is 5.69 Å².